The van der Waals surface area contributed by atoms with E-state index in [9.17, 15) is 4.79 Å². The standard InChI is InChI=1S/C23H29N5O2/c1-26(2)10-11-27(16-20-9-6-12-30-20)23(29)19-13-21-22(24-14-19)28(17-25-21)15-18-7-4-3-5-8-18/h3-5,7-8,13-14,17,20H,6,9-12,15-16H2,1-2H3. The molecule has 158 valence electrons. The monoisotopic (exact) mass is 407 g/mol. The number of imidazole rings is 1. The molecule has 1 fully saturated rings. The van der Waals surface area contributed by atoms with Gasteiger partial charge in [-0.15, -0.1) is 0 Å². The summed E-state index contributed by atoms with van der Waals surface area (Å²) in [4.78, 5) is 26.3. The van der Waals surface area contributed by atoms with Crippen LogP contribution in [0.4, 0.5) is 0 Å². The molecule has 0 aliphatic carbocycles. The molecule has 1 aliphatic rings. The average Bonchev–Trinajstić information content (AvgIpc) is 3.41. The van der Waals surface area contributed by atoms with Crippen LogP contribution in [0.15, 0.2) is 48.9 Å². The minimum Gasteiger partial charge on any atom is -0.376 e. The lowest BCUT2D eigenvalue weighted by molar-refractivity contribution is 0.0512. The van der Waals surface area contributed by atoms with E-state index in [0.29, 0.717) is 25.2 Å². The van der Waals surface area contributed by atoms with Crippen molar-refractivity contribution in [3.8, 4) is 0 Å². The average molecular weight is 408 g/mol. The lowest BCUT2D eigenvalue weighted by Crippen LogP contribution is -2.41. The molecule has 1 unspecified atom stereocenters. The SMILES string of the molecule is CN(C)CCN(CC1CCCO1)C(=O)c1cnc2c(c1)ncn2Cc1ccccc1. The van der Waals surface area contributed by atoms with Gasteiger partial charge in [0.05, 0.1) is 24.5 Å². The summed E-state index contributed by atoms with van der Waals surface area (Å²) in [5.74, 6) is -0.0145. The molecule has 0 N–H and O–H groups in total. The highest BCUT2D eigenvalue weighted by Gasteiger charge is 2.24. The van der Waals surface area contributed by atoms with Gasteiger partial charge in [-0.1, -0.05) is 30.3 Å². The Morgan fingerprint density at radius 2 is 2.03 bits per heavy atom. The molecule has 0 radical (unpaired) electrons. The van der Waals surface area contributed by atoms with E-state index in [1.165, 1.54) is 5.56 Å². The molecule has 1 aliphatic heterocycles. The van der Waals surface area contributed by atoms with Crippen molar-refractivity contribution in [2.45, 2.75) is 25.5 Å². The second-order valence-electron chi connectivity index (χ2n) is 8.11. The van der Waals surface area contributed by atoms with Crippen LogP contribution in [0.2, 0.25) is 0 Å². The number of amides is 1. The Bertz CT molecular complexity index is 980. The van der Waals surface area contributed by atoms with E-state index in [2.05, 4.69) is 27.0 Å². The van der Waals surface area contributed by atoms with Crippen molar-refractivity contribution in [2.75, 3.05) is 40.3 Å². The molecule has 1 aromatic carbocycles. The number of hydrogen-bond donors (Lipinski definition) is 0. The van der Waals surface area contributed by atoms with E-state index in [4.69, 9.17) is 4.74 Å². The number of aromatic nitrogens is 3. The van der Waals surface area contributed by atoms with Crippen LogP contribution in [0.1, 0.15) is 28.8 Å². The lowest BCUT2D eigenvalue weighted by Gasteiger charge is -2.26. The summed E-state index contributed by atoms with van der Waals surface area (Å²) in [5, 5.41) is 0. The van der Waals surface area contributed by atoms with Crippen molar-refractivity contribution in [2.24, 2.45) is 0 Å². The molecule has 0 saturated carbocycles. The van der Waals surface area contributed by atoms with Crippen LogP contribution in [0.5, 0.6) is 0 Å². The van der Waals surface area contributed by atoms with Crippen molar-refractivity contribution in [1.29, 1.82) is 0 Å². The third kappa shape index (κ3) is 4.86. The zero-order valence-corrected chi connectivity index (χ0v) is 17.7. The largest absolute Gasteiger partial charge is 0.376 e. The molecule has 2 aromatic heterocycles. The number of ether oxygens (including phenoxy) is 1. The van der Waals surface area contributed by atoms with Crippen LogP contribution in [0.25, 0.3) is 11.2 Å². The molecule has 4 rings (SSSR count). The van der Waals surface area contributed by atoms with Crippen molar-refractivity contribution in [3.05, 3.63) is 60.0 Å². The Labute approximate surface area is 177 Å². The van der Waals surface area contributed by atoms with Gasteiger partial charge >= 0.3 is 0 Å². The fourth-order valence-electron chi connectivity index (χ4n) is 3.77. The summed E-state index contributed by atoms with van der Waals surface area (Å²) in [6.45, 7) is 3.57. The summed E-state index contributed by atoms with van der Waals surface area (Å²) in [7, 11) is 4.03. The van der Waals surface area contributed by atoms with Gasteiger partial charge in [0, 0.05) is 32.4 Å². The lowest BCUT2D eigenvalue weighted by atomic mass is 10.2. The van der Waals surface area contributed by atoms with Crippen LogP contribution in [0, 0.1) is 0 Å². The fourth-order valence-corrected chi connectivity index (χ4v) is 3.77. The van der Waals surface area contributed by atoms with Crippen LogP contribution < -0.4 is 0 Å². The van der Waals surface area contributed by atoms with Crippen molar-refractivity contribution in [3.63, 3.8) is 0 Å². The van der Waals surface area contributed by atoms with Gasteiger partial charge in [-0.3, -0.25) is 4.79 Å². The third-order valence-corrected chi connectivity index (χ3v) is 5.45. The number of rotatable bonds is 8. The van der Waals surface area contributed by atoms with Gasteiger partial charge in [0.25, 0.3) is 5.91 Å². The Balaban J connectivity index is 1.53. The van der Waals surface area contributed by atoms with E-state index < -0.39 is 0 Å². The maximum Gasteiger partial charge on any atom is 0.255 e. The van der Waals surface area contributed by atoms with Gasteiger partial charge in [0.1, 0.15) is 5.52 Å². The first kappa shape index (κ1) is 20.5. The van der Waals surface area contributed by atoms with Crippen LogP contribution in [0.3, 0.4) is 0 Å². The smallest absolute Gasteiger partial charge is 0.255 e. The molecule has 1 atom stereocenters. The Morgan fingerprint density at radius 3 is 2.77 bits per heavy atom. The molecule has 7 nitrogen and oxygen atoms in total. The molecule has 0 bridgehead atoms. The topological polar surface area (TPSA) is 63.5 Å². The second kappa shape index (κ2) is 9.36. The van der Waals surface area contributed by atoms with E-state index in [0.717, 1.165) is 37.2 Å². The number of carbonyl (C=O) groups excluding carboxylic acids is 1. The maximum absolute atomic E-state index is 13.3. The summed E-state index contributed by atoms with van der Waals surface area (Å²) < 4.78 is 7.78. The number of fused-ring (bicyclic) bond motifs is 1. The maximum atomic E-state index is 13.3. The Morgan fingerprint density at radius 1 is 1.20 bits per heavy atom. The van der Waals surface area contributed by atoms with Gasteiger partial charge < -0.3 is 19.1 Å². The fraction of sp³-hybridized carbons (Fsp3) is 0.435. The highest BCUT2D eigenvalue weighted by molar-refractivity contribution is 5.96. The zero-order valence-electron chi connectivity index (χ0n) is 17.7. The minimum atomic E-state index is -0.0145. The molecule has 3 aromatic rings. The number of nitrogens with zero attached hydrogens (tertiary/aromatic N) is 5. The van der Waals surface area contributed by atoms with Crippen molar-refractivity contribution in [1.82, 2.24) is 24.3 Å². The third-order valence-electron chi connectivity index (χ3n) is 5.45. The molecule has 1 amide bonds. The normalized spacial score (nSPS) is 16.4. The summed E-state index contributed by atoms with van der Waals surface area (Å²) >= 11 is 0. The first-order chi connectivity index (χ1) is 14.6. The highest BCUT2D eigenvalue weighted by Crippen LogP contribution is 2.18. The predicted molar refractivity (Wildman–Crippen MR) is 117 cm³/mol. The molecule has 3 heterocycles. The van der Waals surface area contributed by atoms with E-state index in [1.807, 2.05) is 47.8 Å². The van der Waals surface area contributed by atoms with E-state index in [1.54, 1.807) is 12.5 Å². The first-order valence-corrected chi connectivity index (χ1v) is 10.5. The summed E-state index contributed by atoms with van der Waals surface area (Å²) in [6, 6.07) is 12.1. The highest BCUT2D eigenvalue weighted by atomic mass is 16.5. The number of likely N-dealkylation sites (N-methyl/N-ethyl adjacent to an activating group) is 1. The Hall–Kier alpha value is -2.77. The number of benzene rings is 1. The minimum absolute atomic E-state index is 0.0145. The van der Waals surface area contributed by atoms with Crippen molar-refractivity contribution >= 4 is 17.1 Å². The molecular formula is C23H29N5O2. The second-order valence-corrected chi connectivity index (χ2v) is 8.11. The molecule has 0 spiro atoms. The Kier molecular flexibility index (Phi) is 6.40. The van der Waals surface area contributed by atoms with Gasteiger partial charge in [-0.25, -0.2) is 9.97 Å². The van der Waals surface area contributed by atoms with Crippen molar-refractivity contribution < 1.29 is 9.53 Å². The molecule has 7 heteroatoms. The van der Waals surface area contributed by atoms with Crippen LogP contribution in [-0.2, 0) is 11.3 Å². The van der Waals surface area contributed by atoms with Crippen LogP contribution in [-0.4, -0.2) is 76.7 Å². The predicted octanol–water partition coefficient (Wildman–Crippen LogP) is 2.66. The number of pyridine rings is 1. The van der Waals surface area contributed by atoms with Crippen LogP contribution >= 0.6 is 0 Å². The molecular weight excluding hydrogens is 378 g/mol. The van der Waals surface area contributed by atoms with E-state index >= 15 is 0 Å². The number of carbonyl (C=O) groups is 1. The number of hydrogen-bond acceptors (Lipinski definition) is 5. The first-order valence-electron chi connectivity index (χ1n) is 10.5. The van der Waals surface area contributed by atoms with Gasteiger partial charge in [0.15, 0.2) is 5.65 Å². The zero-order chi connectivity index (χ0) is 20.9. The molecule has 1 saturated heterocycles. The van der Waals surface area contributed by atoms with Gasteiger partial charge in [-0.2, -0.15) is 0 Å². The quantitative estimate of drug-likeness (QED) is 0.574. The van der Waals surface area contributed by atoms with Gasteiger partial charge in [-0.05, 0) is 38.6 Å². The molecule has 30 heavy (non-hydrogen) atoms. The van der Waals surface area contributed by atoms with E-state index in [-0.39, 0.29) is 12.0 Å². The summed E-state index contributed by atoms with van der Waals surface area (Å²) in [6.07, 6.45) is 5.65. The summed E-state index contributed by atoms with van der Waals surface area (Å²) in [5.41, 5.74) is 3.28. The van der Waals surface area contributed by atoms with Gasteiger partial charge in [0.2, 0.25) is 0 Å².